The second-order valence-electron chi connectivity index (χ2n) is 4.99. The van der Waals surface area contributed by atoms with E-state index >= 15 is 0 Å². The molecule has 2 heterocycles. The van der Waals surface area contributed by atoms with Crippen LogP contribution in [0.1, 0.15) is 17.2 Å². The van der Waals surface area contributed by atoms with Crippen LogP contribution in [0.2, 0.25) is 0 Å². The SMILES string of the molecule is CN1CCc2ccccc2C1C1CNCCO1. The highest BCUT2D eigenvalue weighted by Gasteiger charge is 2.32. The summed E-state index contributed by atoms with van der Waals surface area (Å²) in [6.07, 6.45) is 1.44. The van der Waals surface area contributed by atoms with Crippen LogP contribution in [0.4, 0.5) is 0 Å². The van der Waals surface area contributed by atoms with Crippen molar-refractivity contribution in [2.24, 2.45) is 0 Å². The molecule has 92 valence electrons. The van der Waals surface area contributed by atoms with Crippen LogP contribution in [0.25, 0.3) is 0 Å². The molecule has 0 aliphatic carbocycles. The summed E-state index contributed by atoms with van der Waals surface area (Å²) in [6.45, 7) is 3.90. The van der Waals surface area contributed by atoms with Crippen molar-refractivity contribution in [1.82, 2.24) is 10.2 Å². The van der Waals surface area contributed by atoms with Crippen LogP contribution in [0.15, 0.2) is 24.3 Å². The Hall–Kier alpha value is -0.900. The van der Waals surface area contributed by atoms with E-state index in [2.05, 4.69) is 41.5 Å². The van der Waals surface area contributed by atoms with Crippen molar-refractivity contribution in [3.05, 3.63) is 35.4 Å². The summed E-state index contributed by atoms with van der Waals surface area (Å²) in [5.74, 6) is 0. The number of ether oxygens (including phenoxy) is 1. The molecular weight excluding hydrogens is 212 g/mol. The van der Waals surface area contributed by atoms with Crippen molar-refractivity contribution < 1.29 is 4.74 Å². The zero-order chi connectivity index (χ0) is 11.7. The largest absolute Gasteiger partial charge is 0.374 e. The lowest BCUT2D eigenvalue weighted by Crippen LogP contribution is -2.48. The fourth-order valence-corrected chi connectivity index (χ4v) is 3.00. The number of morpholine rings is 1. The van der Waals surface area contributed by atoms with E-state index in [1.807, 2.05) is 0 Å². The molecule has 2 unspecified atom stereocenters. The van der Waals surface area contributed by atoms with Crippen LogP contribution in [0, 0.1) is 0 Å². The van der Waals surface area contributed by atoms with Gasteiger partial charge in [-0.15, -0.1) is 0 Å². The van der Waals surface area contributed by atoms with Gasteiger partial charge in [0.2, 0.25) is 0 Å². The second-order valence-corrected chi connectivity index (χ2v) is 4.99. The molecule has 0 aromatic heterocycles. The molecule has 2 aliphatic heterocycles. The molecule has 2 aliphatic rings. The molecule has 17 heavy (non-hydrogen) atoms. The number of rotatable bonds is 1. The van der Waals surface area contributed by atoms with Gasteiger partial charge in [-0.25, -0.2) is 0 Å². The van der Waals surface area contributed by atoms with E-state index < -0.39 is 0 Å². The van der Waals surface area contributed by atoms with Crippen LogP contribution >= 0.6 is 0 Å². The van der Waals surface area contributed by atoms with Crippen LogP contribution in [0.3, 0.4) is 0 Å². The highest BCUT2D eigenvalue weighted by molar-refractivity contribution is 5.33. The zero-order valence-corrected chi connectivity index (χ0v) is 10.4. The molecule has 0 radical (unpaired) electrons. The van der Waals surface area contributed by atoms with Gasteiger partial charge >= 0.3 is 0 Å². The van der Waals surface area contributed by atoms with Crippen molar-refractivity contribution in [3.8, 4) is 0 Å². The fraction of sp³-hybridized carbons (Fsp3) is 0.571. The van der Waals surface area contributed by atoms with Gasteiger partial charge in [-0.2, -0.15) is 0 Å². The zero-order valence-electron chi connectivity index (χ0n) is 10.4. The predicted molar refractivity (Wildman–Crippen MR) is 68.1 cm³/mol. The van der Waals surface area contributed by atoms with E-state index in [0.29, 0.717) is 6.04 Å². The molecular formula is C14H20N2O. The third-order valence-corrected chi connectivity index (χ3v) is 3.89. The van der Waals surface area contributed by atoms with E-state index in [1.165, 1.54) is 11.1 Å². The van der Waals surface area contributed by atoms with Crippen LogP contribution < -0.4 is 5.32 Å². The van der Waals surface area contributed by atoms with Gasteiger partial charge in [0.15, 0.2) is 0 Å². The van der Waals surface area contributed by atoms with Gasteiger partial charge in [0, 0.05) is 19.6 Å². The van der Waals surface area contributed by atoms with Gasteiger partial charge in [-0.3, -0.25) is 4.90 Å². The molecule has 0 saturated carbocycles. The number of hydrogen-bond acceptors (Lipinski definition) is 3. The minimum Gasteiger partial charge on any atom is -0.374 e. The first kappa shape index (κ1) is 11.2. The Morgan fingerprint density at radius 2 is 2.24 bits per heavy atom. The predicted octanol–water partition coefficient (Wildman–Crippen LogP) is 1.20. The van der Waals surface area contributed by atoms with E-state index in [4.69, 9.17) is 4.74 Å². The monoisotopic (exact) mass is 232 g/mol. The molecule has 2 atom stereocenters. The summed E-state index contributed by atoms with van der Waals surface area (Å²) >= 11 is 0. The third kappa shape index (κ3) is 2.10. The lowest BCUT2D eigenvalue weighted by atomic mass is 9.89. The standard InChI is InChI=1S/C14H20N2O/c1-16-8-6-11-4-2-3-5-12(11)14(16)13-10-15-7-9-17-13/h2-5,13-15H,6-10H2,1H3. The number of fused-ring (bicyclic) bond motifs is 1. The number of hydrogen-bond donors (Lipinski definition) is 1. The maximum Gasteiger partial charge on any atom is 0.0896 e. The number of likely N-dealkylation sites (N-methyl/N-ethyl adjacent to an activating group) is 1. The average Bonchev–Trinajstić information content (AvgIpc) is 2.39. The summed E-state index contributed by atoms with van der Waals surface area (Å²) in [7, 11) is 2.21. The van der Waals surface area contributed by atoms with Crippen LogP contribution in [0.5, 0.6) is 0 Å². The minimum atomic E-state index is 0.287. The van der Waals surface area contributed by atoms with Crippen molar-refractivity contribution in [2.45, 2.75) is 18.6 Å². The summed E-state index contributed by atoms with van der Waals surface area (Å²) < 4.78 is 5.94. The quantitative estimate of drug-likeness (QED) is 0.787. The van der Waals surface area contributed by atoms with Gasteiger partial charge in [0.1, 0.15) is 0 Å². The molecule has 0 bridgehead atoms. The maximum absolute atomic E-state index is 5.94. The Morgan fingerprint density at radius 1 is 1.35 bits per heavy atom. The Morgan fingerprint density at radius 3 is 3.06 bits per heavy atom. The molecule has 1 N–H and O–H groups in total. The van der Waals surface area contributed by atoms with Crippen molar-refractivity contribution >= 4 is 0 Å². The lowest BCUT2D eigenvalue weighted by Gasteiger charge is -2.40. The summed E-state index contributed by atoms with van der Waals surface area (Å²) in [5.41, 5.74) is 2.94. The second kappa shape index (κ2) is 4.77. The van der Waals surface area contributed by atoms with Crippen LogP contribution in [-0.2, 0) is 11.2 Å². The first-order chi connectivity index (χ1) is 8.36. The Bertz CT molecular complexity index is 388. The Balaban J connectivity index is 1.91. The molecule has 1 saturated heterocycles. The van der Waals surface area contributed by atoms with Crippen molar-refractivity contribution in [1.29, 1.82) is 0 Å². The normalized spacial score (nSPS) is 29.9. The molecule has 3 nitrogen and oxygen atoms in total. The Labute approximate surface area is 103 Å². The van der Waals surface area contributed by atoms with Gasteiger partial charge in [0.05, 0.1) is 18.8 Å². The molecule has 1 aromatic carbocycles. The summed E-state index contributed by atoms with van der Waals surface area (Å²) in [4.78, 5) is 2.43. The number of nitrogens with one attached hydrogen (secondary N) is 1. The highest BCUT2D eigenvalue weighted by atomic mass is 16.5. The maximum atomic E-state index is 5.94. The fourth-order valence-electron chi connectivity index (χ4n) is 3.00. The topological polar surface area (TPSA) is 24.5 Å². The van der Waals surface area contributed by atoms with E-state index in [0.717, 1.165) is 32.7 Å². The third-order valence-electron chi connectivity index (χ3n) is 3.89. The van der Waals surface area contributed by atoms with Crippen LogP contribution in [-0.4, -0.2) is 44.3 Å². The van der Waals surface area contributed by atoms with Gasteiger partial charge in [0.25, 0.3) is 0 Å². The van der Waals surface area contributed by atoms with Crippen molar-refractivity contribution in [3.63, 3.8) is 0 Å². The molecule has 1 fully saturated rings. The first-order valence-corrected chi connectivity index (χ1v) is 6.46. The molecule has 3 heteroatoms. The van der Waals surface area contributed by atoms with Gasteiger partial charge < -0.3 is 10.1 Å². The lowest BCUT2D eigenvalue weighted by molar-refractivity contribution is -0.0296. The number of nitrogens with zero attached hydrogens (tertiary/aromatic N) is 1. The summed E-state index contributed by atoms with van der Waals surface area (Å²) in [6, 6.07) is 9.20. The van der Waals surface area contributed by atoms with E-state index in [-0.39, 0.29) is 6.10 Å². The molecule has 0 amide bonds. The number of benzene rings is 1. The van der Waals surface area contributed by atoms with Crippen molar-refractivity contribution in [2.75, 3.05) is 33.3 Å². The molecule has 1 aromatic rings. The van der Waals surface area contributed by atoms with E-state index in [1.54, 1.807) is 0 Å². The summed E-state index contributed by atoms with van der Waals surface area (Å²) in [5, 5.41) is 3.43. The van der Waals surface area contributed by atoms with Gasteiger partial charge in [-0.05, 0) is 24.6 Å². The van der Waals surface area contributed by atoms with Gasteiger partial charge in [-0.1, -0.05) is 24.3 Å². The first-order valence-electron chi connectivity index (χ1n) is 6.46. The smallest absolute Gasteiger partial charge is 0.0896 e. The average molecular weight is 232 g/mol. The minimum absolute atomic E-state index is 0.287. The van der Waals surface area contributed by atoms with E-state index in [9.17, 15) is 0 Å². The highest BCUT2D eigenvalue weighted by Crippen LogP contribution is 2.32. The Kier molecular flexibility index (Phi) is 3.14. The molecule has 3 rings (SSSR count). The molecule has 0 spiro atoms.